The molecule has 2 aromatic carbocycles. The Hall–Kier alpha value is -2.93. The van der Waals surface area contributed by atoms with Crippen molar-refractivity contribution in [1.82, 2.24) is 0 Å². The monoisotopic (exact) mass is 349 g/mol. The fraction of sp³-hybridized carbons (Fsp3) is 0.125. The first kappa shape index (κ1) is 17.4. The maximum atomic E-state index is 12.0. The van der Waals surface area contributed by atoms with Gasteiger partial charge in [0, 0.05) is 6.07 Å². The Bertz CT molecular complexity index is 788. The van der Waals surface area contributed by atoms with Crippen LogP contribution in [0.5, 0.6) is 5.75 Å². The summed E-state index contributed by atoms with van der Waals surface area (Å²) in [6.45, 7) is 0. The zero-order valence-electron chi connectivity index (χ0n) is 12.5. The highest BCUT2D eigenvalue weighted by Gasteiger charge is 2.17. The Balaban J connectivity index is 2.11. The van der Waals surface area contributed by atoms with Gasteiger partial charge in [0.1, 0.15) is 10.8 Å². The lowest BCUT2D eigenvalue weighted by Gasteiger charge is -2.06. The zero-order chi connectivity index (χ0) is 17.7. The van der Waals surface area contributed by atoms with Gasteiger partial charge >= 0.3 is 11.9 Å². The summed E-state index contributed by atoms with van der Waals surface area (Å²) >= 11 is 5.70. The smallest absolute Gasteiger partial charge is 0.343 e. The second-order valence-electron chi connectivity index (χ2n) is 4.71. The minimum atomic E-state index is -0.754. The molecule has 0 spiro atoms. The van der Waals surface area contributed by atoms with Crippen LogP contribution < -0.4 is 4.74 Å². The van der Waals surface area contributed by atoms with Crippen molar-refractivity contribution < 1.29 is 24.0 Å². The lowest BCUT2D eigenvalue weighted by atomic mass is 10.1. The third kappa shape index (κ3) is 4.30. The average Bonchev–Trinajstić information content (AvgIpc) is 2.56. The molecule has 0 saturated heterocycles. The standard InChI is InChI=1S/C16H12ClNO6/c1-23-15(19)8-10-2-5-12(6-3-10)24-16(20)11-4-7-13(17)14(9-11)18(21)22/h2-7,9H,8H2,1H3. The van der Waals surface area contributed by atoms with Gasteiger partial charge < -0.3 is 9.47 Å². The maximum Gasteiger partial charge on any atom is 0.343 e. The van der Waals surface area contributed by atoms with Gasteiger partial charge in [0.25, 0.3) is 5.69 Å². The van der Waals surface area contributed by atoms with Crippen molar-refractivity contribution in [3.8, 4) is 5.75 Å². The number of esters is 2. The molecular formula is C16H12ClNO6. The van der Waals surface area contributed by atoms with E-state index in [9.17, 15) is 19.7 Å². The molecule has 2 aromatic rings. The molecule has 8 heteroatoms. The SMILES string of the molecule is COC(=O)Cc1ccc(OC(=O)c2ccc(Cl)c([N+](=O)[O-])c2)cc1. The lowest BCUT2D eigenvalue weighted by molar-refractivity contribution is -0.384. The van der Waals surface area contributed by atoms with Gasteiger partial charge in [-0.3, -0.25) is 14.9 Å². The van der Waals surface area contributed by atoms with E-state index in [1.807, 2.05) is 0 Å². The Morgan fingerprint density at radius 2 is 1.83 bits per heavy atom. The molecule has 0 heterocycles. The van der Waals surface area contributed by atoms with Gasteiger partial charge in [0.15, 0.2) is 0 Å². The van der Waals surface area contributed by atoms with E-state index in [1.54, 1.807) is 12.1 Å². The predicted octanol–water partition coefficient (Wildman–Crippen LogP) is 3.18. The predicted molar refractivity (Wildman–Crippen MR) is 85.2 cm³/mol. The fourth-order valence-corrected chi connectivity index (χ4v) is 2.05. The van der Waals surface area contributed by atoms with Gasteiger partial charge in [0.05, 0.1) is 24.0 Å². The molecule has 0 N–H and O–H groups in total. The van der Waals surface area contributed by atoms with E-state index >= 15 is 0 Å². The molecule has 24 heavy (non-hydrogen) atoms. The molecule has 0 aliphatic carbocycles. The number of halogens is 1. The summed E-state index contributed by atoms with van der Waals surface area (Å²) < 4.78 is 9.70. The zero-order valence-corrected chi connectivity index (χ0v) is 13.3. The summed E-state index contributed by atoms with van der Waals surface area (Å²) in [5, 5.41) is 10.8. The van der Waals surface area contributed by atoms with E-state index in [2.05, 4.69) is 4.74 Å². The molecule has 0 saturated carbocycles. The summed E-state index contributed by atoms with van der Waals surface area (Å²) in [7, 11) is 1.30. The minimum absolute atomic E-state index is 0.00439. The summed E-state index contributed by atoms with van der Waals surface area (Å²) in [4.78, 5) is 33.4. The summed E-state index contributed by atoms with van der Waals surface area (Å²) in [5.74, 6) is -0.894. The largest absolute Gasteiger partial charge is 0.469 e. The van der Waals surface area contributed by atoms with Crippen LogP contribution in [-0.4, -0.2) is 24.0 Å². The van der Waals surface area contributed by atoms with E-state index < -0.39 is 10.9 Å². The first-order chi connectivity index (χ1) is 11.4. The highest BCUT2D eigenvalue weighted by molar-refractivity contribution is 6.32. The summed E-state index contributed by atoms with van der Waals surface area (Å²) in [5.41, 5.74) is 0.327. The first-order valence-electron chi connectivity index (χ1n) is 6.72. The molecule has 0 atom stereocenters. The number of methoxy groups -OCH3 is 1. The van der Waals surface area contributed by atoms with E-state index in [0.29, 0.717) is 5.56 Å². The number of benzene rings is 2. The number of hydrogen-bond donors (Lipinski definition) is 0. The topological polar surface area (TPSA) is 95.7 Å². The Morgan fingerprint density at radius 3 is 2.42 bits per heavy atom. The van der Waals surface area contributed by atoms with Crippen molar-refractivity contribution in [2.75, 3.05) is 7.11 Å². The Labute approximate surface area is 141 Å². The normalized spacial score (nSPS) is 10.1. The van der Waals surface area contributed by atoms with Crippen molar-refractivity contribution >= 4 is 29.2 Å². The van der Waals surface area contributed by atoms with Crippen molar-refractivity contribution in [1.29, 1.82) is 0 Å². The third-order valence-corrected chi connectivity index (χ3v) is 3.41. The molecule has 0 unspecified atom stereocenters. The van der Waals surface area contributed by atoms with Gasteiger partial charge in [-0.2, -0.15) is 0 Å². The van der Waals surface area contributed by atoms with E-state index in [0.717, 1.165) is 6.07 Å². The highest BCUT2D eigenvalue weighted by Crippen LogP contribution is 2.25. The fourth-order valence-electron chi connectivity index (χ4n) is 1.86. The Kier molecular flexibility index (Phi) is 5.49. The number of ether oxygens (including phenoxy) is 2. The number of nitro benzene ring substituents is 1. The molecule has 0 bridgehead atoms. The number of nitro groups is 1. The highest BCUT2D eigenvalue weighted by atomic mass is 35.5. The summed E-state index contributed by atoms with van der Waals surface area (Å²) in [6.07, 6.45) is 0.105. The number of carbonyl (C=O) groups is 2. The van der Waals surface area contributed by atoms with Crippen LogP contribution in [0.15, 0.2) is 42.5 Å². The van der Waals surface area contributed by atoms with Gasteiger partial charge in [-0.15, -0.1) is 0 Å². The molecule has 0 fully saturated rings. The molecule has 0 aliphatic rings. The quantitative estimate of drug-likeness (QED) is 0.356. The van der Waals surface area contributed by atoms with Gasteiger partial charge in [-0.25, -0.2) is 4.79 Å². The first-order valence-corrected chi connectivity index (χ1v) is 7.10. The van der Waals surface area contributed by atoms with Crippen molar-refractivity contribution in [2.24, 2.45) is 0 Å². The van der Waals surface area contributed by atoms with Gasteiger partial charge in [-0.05, 0) is 29.8 Å². The second kappa shape index (κ2) is 7.56. The minimum Gasteiger partial charge on any atom is -0.469 e. The average molecular weight is 350 g/mol. The molecule has 7 nitrogen and oxygen atoms in total. The third-order valence-electron chi connectivity index (χ3n) is 3.09. The number of rotatable bonds is 5. The van der Waals surface area contributed by atoms with Crippen LogP contribution in [-0.2, 0) is 16.0 Å². The molecular weight excluding hydrogens is 338 g/mol. The van der Waals surface area contributed by atoms with Crippen LogP contribution in [0, 0.1) is 10.1 Å². The van der Waals surface area contributed by atoms with Gasteiger partial charge in [0.2, 0.25) is 0 Å². The number of hydrogen-bond acceptors (Lipinski definition) is 6. The van der Waals surface area contributed by atoms with E-state index in [-0.39, 0.29) is 34.4 Å². The van der Waals surface area contributed by atoms with Crippen LogP contribution in [0.2, 0.25) is 5.02 Å². The summed E-state index contributed by atoms with van der Waals surface area (Å²) in [6, 6.07) is 9.91. The van der Waals surface area contributed by atoms with E-state index in [4.69, 9.17) is 16.3 Å². The maximum absolute atomic E-state index is 12.0. The molecule has 0 amide bonds. The van der Waals surface area contributed by atoms with Crippen LogP contribution in [0.25, 0.3) is 0 Å². The van der Waals surface area contributed by atoms with Crippen LogP contribution in [0.3, 0.4) is 0 Å². The second-order valence-corrected chi connectivity index (χ2v) is 5.12. The van der Waals surface area contributed by atoms with E-state index in [1.165, 1.54) is 31.4 Å². The van der Waals surface area contributed by atoms with Crippen LogP contribution >= 0.6 is 11.6 Å². The number of carbonyl (C=O) groups excluding carboxylic acids is 2. The van der Waals surface area contributed by atoms with Gasteiger partial charge in [-0.1, -0.05) is 23.7 Å². The van der Waals surface area contributed by atoms with Crippen molar-refractivity contribution in [2.45, 2.75) is 6.42 Å². The molecule has 2 rings (SSSR count). The number of nitrogens with zero attached hydrogens (tertiary/aromatic N) is 1. The van der Waals surface area contributed by atoms with Crippen molar-refractivity contribution in [3.05, 3.63) is 68.7 Å². The van der Waals surface area contributed by atoms with Crippen molar-refractivity contribution in [3.63, 3.8) is 0 Å². The lowest BCUT2D eigenvalue weighted by Crippen LogP contribution is -2.09. The van der Waals surface area contributed by atoms with Crippen LogP contribution in [0.4, 0.5) is 5.69 Å². The molecule has 0 radical (unpaired) electrons. The van der Waals surface area contributed by atoms with Crippen LogP contribution in [0.1, 0.15) is 15.9 Å². The molecule has 124 valence electrons. The molecule has 0 aliphatic heterocycles. The molecule has 0 aromatic heterocycles. The Morgan fingerprint density at radius 1 is 1.17 bits per heavy atom.